The molecule has 4 heteroatoms. The van der Waals surface area contributed by atoms with Gasteiger partial charge < -0.3 is 15.0 Å². The van der Waals surface area contributed by atoms with Crippen LogP contribution >= 0.6 is 0 Å². The number of imidazole rings is 1. The van der Waals surface area contributed by atoms with Gasteiger partial charge in [-0.3, -0.25) is 0 Å². The summed E-state index contributed by atoms with van der Waals surface area (Å²) in [5.74, 6) is 0. The van der Waals surface area contributed by atoms with Crippen LogP contribution in [0.5, 0.6) is 0 Å². The molecule has 0 radical (unpaired) electrons. The molecule has 1 rings (SSSR count). The van der Waals surface area contributed by atoms with Crippen LogP contribution in [0, 0.1) is 0 Å². The molecule has 0 aromatic carbocycles. The smallest absolute Gasteiger partial charge is 0.0945 e. The van der Waals surface area contributed by atoms with Gasteiger partial charge >= 0.3 is 0 Å². The monoisotopic (exact) mass is 211 g/mol. The molecule has 15 heavy (non-hydrogen) atoms. The fourth-order valence-electron chi connectivity index (χ4n) is 1.48. The summed E-state index contributed by atoms with van der Waals surface area (Å²) < 4.78 is 1.98. The number of aryl methyl sites for hydroxylation is 1. The van der Waals surface area contributed by atoms with Gasteiger partial charge in [0, 0.05) is 26.3 Å². The highest BCUT2D eigenvalue weighted by Crippen LogP contribution is 2.12. The summed E-state index contributed by atoms with van der Waals surface area (Å²) in [6.07, 6.45) is 5.18. The topological polar surface area (TPSA) is 50.1 Å². The van der Waals surface area contributed by atoms with E-state index in [4.69, 9.17) is 0 Å². The Labute approximate surface area is 91.3 Å². The summed E-state index contributed by atoms with van der Waals surface area (Å²) in [6.45, 7) is 5.40. The van der Waals surface area contributed by atoms with Crippen LogP contribution in [0.1, 0.15) is 32.4 Å². The van der Waals surface area contributed by atoms with Gasteiger partial charge in [-0.25, -0.2) is 4.98 Å². The van der Waals surface area contributed by atoms with Gasteiger partial charge in [-0.15, -0.1) is 0 Å². The maximum absolute atomic E-state index is 10.0. The summed E-state index contributed by atoms with van der Waals surface area (Å²) in [5.41, 5.74) is 0.558. The SMILES string of the molecule is CCC(O)(CC)CNCc1cncn1C. The Kier molecular flexibility index (Phi) is 4.29. The second-order valence-electron chi connectivity index (χ2n) is 4.03. The summed E-state index contributed by atoms with van der Waals surface area (Å²) in [5, 5.41) is 13.3. The van der Waals surface area contributed by atoms with E-state index < -0.39 is 5.60 Å². The minimum absolute atomic E-state index is 0.571. The third kappa shape index (κ3) is 3.32. The van der Waals surface area contributed by atoms with Crippen LogP contribution < -0.4 is 5.32 Å². The molecule has 0 aliphatic heterocycles. The molecule has 0 aliphatic carbocycles. The molecule has 0 unspecified atom stereocenters. The second kappa shape index (κ2) is 5.28. The van der Waals surface area contributed by atoms with Gasteiger partial charge in [0.1, 0.15) is 0 Å². The molecule has 1 aromatic heterocycles. The Hall–Kier alpha value is -0.870. The molecule has 0 fully saturated rings. The third-order valence-electron chi connectivity index (χ3n) is 2.99. The van der Waals surface area contributed by atoms with Crippen molar-refractivity contribution in [3.63, 3.8) is 0 Å². The fourth-order valence-corrected chi connectivity index (χ4v) is 1.48. The Morgan fingerprint density at radius 1 is 1.47 bits per heavy atom. The van der Waals surface area contributed by atoms with Crippen LogP contribution in [0.4, 0.5) is 0 Å². The Balaban J connectivity index is 2.36. The molecule has 0 saturated carbocycles. The normalized spacial score (nSPS) is 12.0. The Morgan fingerprint density at radius 3 is 2.60 bits per heavy atom. The van der Waals surface area contributed by atoms with Crippen molar-refractivity contribution in [2.45, 2.75) is 38.8 Å². The van der Waals surface area contributed by atoms with Gasteiger partial charge in [-0.1, -0.05) is 13.8 Å². The van der Waals surface area contributed by atoms with E-state index in [0.717, 1.165) is 25.1 Å². The van der Waals surface area contributed by atoms with Crippen LogP contribution in [0.25, 0.3) is 0 Å². The van der Waals surface area contributed by atoms with E-state index in [-0.39, 0.29) is 0 Å². The fraction of sp³-hybridized carbons (Fsp3) is 0.727. The molecule has 1 aromatic rings. The summed E-state index contributed by atoms with van der Waals surface area (Å²) in [7, 11) is 1.97. The lowest BCUT2D eigenvalue weighted by Crippen LogP contribution is -2.39. The van der Waals surface area contributed by atoms with Crippen molar-refractivity contribution in [2.75, 3.05) is 6.54 Å². The number of hydrogen-bond acceptors (Lipinski definition) is 3. The quantitative estimate of drug-likeness (QED) is 0.740. The summed E-state index contributed by atoms with van der Waals surface area (Å²) in [4.78, 5) is 4.04. The van der Waals surface area contributed by atoms with Crippen molar-refractivity contribution >= 4 is 0 Å². The Bertz CT molecular complexity index is 292. The van der Waals surface area contributed by atoms with Crippen molar-refractivity contribution < 1.29 is 5.11 Å². The average Bonchev–Trinajstić information content (AvgIpc) is 2.64. The van der Waals surface area contributed by atoms with Crippen molar-refractivity contribution in [1.29, 1.82) is 0 Å². The number of nitrogens with zero attached hydrogens (tertiary/aromatic N) is 2. The number of nitrogens with one attached hydrogen (secondary N) is 1. The van der Waals surface area contributed by atoms with E-state index in [1.807, 2.05) is 31.7 Å². The third-order valence-corrected chi connectivity index (χ3v) is 2.99. The van der Waals surface area contributed by atoms with Crippen LogP contribution in [-0.2, 0) is 13.6 Å². The van der Waals surface area contributed by atoms with Crippen molar-refractivity contribution in [2.24, 2.45) is 7.05 Å². The maximum atomic E-state index is 10.0. The van der Waals surface area contributed by atoms with Gasteiger partial charge in [0.15, 0.2) is 0 Å². The molecule has 0 saturated heterocycles. The lowest BCUT2D eigenvalue weighted by Gasteiger charge is -2.25. The van der Waals surface area contributed by atoms with Gasteiger partial charge in [-0.05, 0) is 12.8 Å². The molecule has 86 valence electrons. The molecule has 0 amide bonds. The highest BCUT2D eigenvalue weighted by Gasteiger charge is 2.21. The number of hydrogen-bond donors (Lipinski definition) is 2. The zero-order chi connectivity index (χ0) is 11.3. The minimum Gasteiger partial charge on any atom is -0.389 e. The zero-order valence-electron chi connectivity index (χ0n) is 9.82. The van der Waals surface area contributed by atoms with Crippen molar-refractivity contribution in [3.05, 3.63) is 18.2 Å². The standard InChI is InChI=1S/C11H21N3O/c1-4-11(15,5-2)8-12-6-10-7-13-9-14(10)3/h7,9,12,15H,4-6,8H2,1-3H3. The van der Waals surface area contributed by atoms with E-state index in [0.29, 0.717) is 6.54 Å². The molecule has 0 aliphatic rings. The largest absolute Gasteiger partial charge is 0.389 e. The van der Waals surface area contributed by atoms with E-state index in [2.05, 4.69) is 10.3 Å². The summed E-state index contributed by atoms with van der Waals surface area (Å²) in [6, 6.07) is 0. The molecule has 1 heterocycles. The van der Waals surface area contributed by atoms with E-state index in [1.54, 1.807) is 6.33 Å². The van der Waals surface area contributed by atoms with Crippen molar-refractivity contribution in [3.8, 4) is 0 Å². The molecule has 0 bridgehead atoms. The van der Waals surface area contributed by atoms with Crippen LogP contribution in [0.15, 0.2) is 12.5 Å². The molecule has 4 nitrogen and oxygen atoms in total. The van der Waals surface area contributed by atoms with E-state index in [1.165, 1.54) is 0 Å². The van der Waals surface area contributed by atoms with Crippen LogP contribution in [0.3, 0.4) is 0 Å². The van der Waals surface area contributed by atoms with Gasteiger partial charge in [0.25, 0.3) is 0 Å². The van der Waals surface area contributed by atoms with E-state index >= 15 is 0 Å². The molecule has 0 spiro atoms. The first-order valence-electron chi connectivity index (χ1n) is 5.49. The molecular formula is C11H21N3O. The molecular weight excluding hydrogens is 190 g/mol. The summed E-state index contributed by atoms with van der Waals surface area (Å²) >= 11 is 0. The Morgan fingerprint density at radius 2 is 2.13 bits per heavy atom. The molecule has 0 atom stereocenters. The number of rotatable bonds is 6. The highest BCUT2D eigenvalue weighted by molar-refractivity contribution is 4.97. The second-order valence-corrected chi connectivity index (χ2v) is 4.03. The maximum Gasteiger partial charge on any atom is 0.0945 e. The zero-order valence-corrected chi connectivity index (χ0v) is 9.82. The predicted molar refractivity (Wildman–Crippen MR) is 60.4 cm³/mol. The van der Waals surface area contributed by atoms with Gasteiger partial charge in [0.05, 0.1) is 17.6 Å². The van der Waals surface area contributed by atoms with Gasteiger partial charge in [-0.2, -0.15) is 0 Å². The lowest BCUT2D eigenvalue weighted by atomic mass is 9.98. The van der Waals surface area contributed by atoms with Gasteiger partial charge in [0.2, 0.25) is 0 Å². The first-order chi connectivity index (χ1) is 7.11. The van der Waals surface area contributed by atoms with Crippen LogP contribution in [0.2, 0.25) is 0 Å². The number of aliphatic hydroxyl groups is 1. The average molecular weight is 211 g/mol. The minimum atomic E-state index is -0.571. The van der Waals surface area contributed by atoms with Crippen LogP contribution in [-0.4, -0.2) is 26.8 Å². The molecule has 2 N–H and O–H groups in total. The predicted octanol–water partition coefficient (Wildman–Crippen LogP) is 1.06. The number of aromatic nitrogens is 2. The lowest BCUT2D eigenvalue weighted by molar-refractivity contribution is 0.0322. The first kappa shape index (κ1) is 12.2. The first-order valence-corrected chi connectivity index (χ1v) is 5.49. The van der Waals surface area contributed by atoms with Crippen molar-refractivity contribution in [1.82, 2.24) is 14.9 Å². The van der Waals surface area contributed by atoms with E-state index in [9.17, 15) is 5.11 Å². The highest BCUT2D eigenvalue weighted by atomic mass is 16.3.